The van der Waals surface area contributed by atoms with Gasteiger partial charge in [-0.05, 0) is 42.9 Å². The van der Waals surface area contributed by atoms with Crippen molar-refractivity contribution in [1.29, 1.82) is 0 Å². The SMILES string of the molecule is CCCC1CC1NCC1NCCc2ccccc21. The first-order valence-electron chi connectivity index (χ1n) is 7.43. The summed E-state index contributed by atoms with van der Waals surface area (Å²) in [4.78, 5) is 0. The second-order valence-electron chi connectivity index (χ2n) is 5.75. The molecular formula is C16H24N2. The van der Waals surface area contributed by atoms with Gasteiger partial charge in [-0.15, -0.1) is 0 Å². The fourth-order valence-electron chi connectivity index (χ4n) is 3.23. The van der Waals surface area contributed by atoms with Gasteiger partial charge in [-0.3, -0.25) is 0 Å². The van der Waals surface area contributed by atoms with Crippen LogP contribution in [0.1, 0.15) is 43.4 Å². The lowest BCUT2D eigenvalue weighted by Crippen LogP contribution is -2.37. The van der Waals surface area contributed by atoms with Crippen LogP contribution in [0.2, 0.25) is 0 Å². The highest BCUT2D eigenvalue weighted by Crippen LogP contribution is 2.35. The van der Waals surface area contributed by atoms with Crippen molar-refractivity contribution >= 4 is 0 Å². The van der Waals surface area contributed by atoms with Gasteiger partial charge in [0.05, 0.1) is 0 Å². The van der Waals surface area contributed by atoms with Crippen molar-refractivity contribution in [2.75, 3.05) is 13.1 Å². The molecule has 1 fully saturated rings. The molecule has 3 atom stereocenters. The van der Waals surface area contributed by atoms with Crippen LogP contribution in [0.15, 0.2) is 24.3 Å². The average molecular weight is 244 g/mol. The van der Waals surface area contributed by atoms with Gasteiger partial charge in [0.2, 0.25) is 0 Å². The van der Waals surface area contributed by atoms with Crippen LogP contribution in [0, 0.1) is 5.92 Å². The predicted molar refractivity (Wildman–Crippen MR) is 75.7 cm³/mol. The molecule has 2 nitrogen and oxygen atoms in total. The first-order chi connectivity index (χ1) is 8.88. The van der Waals surface area contributed by atoms with Gasteiger partial charge in [0.1, 0.15) is 0 Å². The minimum Gasteiger partial charge on any atom is -0.312 e. The zero-order chi connectivity index (χ0) is 12.4. The standard InChI is InChI=1S/C16H24N2/c1-2-5-13-10-15(13)18-11-16-14-7-4-3-6-12(14)8-9-17-16/h3-4,6-7,13,15-18H,2,5,8-11H2,1H3. The molecule has 1 heterocycles. The van der Waals surface area contributed by atoms with Crippen LogP contribution in [0.25, 0.3) is 0 Å². The number of hydrogen-bond acceptors (Lipinski definition) is 2. The maximum absolute atomic E-state index is 3.74. The molecule has 18 heavy (non-hydrogen) atoms. The van der Waals surface area contributed by atoms with Gasteiger partial charge in [0, 0.05) is 18.6 Å². The molecule has 1 aliphatic heterocycles. The molecule has 3 unspecified atom stereocenters. The third-order valence-electron chi connectivity index (χ3n) is 4.38. The van der Waals surface area contributed by atoms with E-state index in [2.05, 4.69) is 41.8 Å². The summed E-state index contributed by atoms with van der Waals surface area (Å²) in [6, 6.07) is 10.2. The highest BCUT2D eigenvalue weighted by Gasteiger charge is 2.36. The van der Waals surface area contributed by atoms with Crippen LogP contribution in [-0.4, -0.2) is 19.1 Å². The second-order valence-corrected chi connectivity index (χ2v) is 5.75. The Morgan fingerprint density at radius 1 is 1.33 bits per heavy atom. The largest absolute Gasteiger partial charge is 0.312 e. The highest BCUT2D eigenvalue weighted by atomic mass is 15.0. The Balaban J connectivity index is 1.55. The van der Waals surface area contributed by atoms with Gasteiger partial charge >= 0.3 is 0 Å². The van der Waals surface area contributed by atoms with Crippen molar-refractivity contribution in [3.05, 3.63) is 35.4 Å². The van der Waals surface area contributed by atoms with Gasteiger partial charge in [-0.1, -0.05) is 37.6 Å². The Hall–Kier alpha value is -0.860. The lowest BCUT2D eigenvalue weighted by molar-refractivity contribution is 0.458. The van der Waals surface area contributed by atoms with Crippen molar-refractivity contribution in [3.8, 4) is 0 Å². The monoisotopic (exact) mass is 244 g/mol. The maximum atomic E-state index is 3.74. The molecule has 0 saturated heterocycles. The predicted octanol–water partition coefficient (Wildman–Crippen LogP) is 2.65. The van der Waals surface area contributed by atoms with Crippen molar-refractivity contribution in [1.82, 2.24) is 10.6 Å². The molecule has 1 aliphatic carbocycles. The summed E-state index contributed by atoms with van der Waals surface area (Å²) in [7, 11) is 0. The number of fused-ring (bicyclic) bond motifs is 1. The summed E-state index contributed by atoms with van der Waals surface area (Å²) < 4.78 is 0. The van der Waals surface area contributed by atoms with E-state index in [0.717, 1.165) is 25.0 Å². The van der Waals surface area contributed by atoms with Crippen LogP contribution in [0.5, 0.6) is 0 Å². The van der Waals surface area contributed by atoms with E-state index in [1.807, 2.05) is 0 Å². The smallest absolute Gasteiger partial charge is 0.0449 e. The molecule has 0 amide bonds. The molecule has 1 aromatic carbocycles. The van der Waals surface area contributed by atoms with Crippen LogP contribution in [-0.2, 0) is 6.42 Å². The number of benzene rings is 1. The third kappa shape index (κ3) is 2.60. The molecule has 2 heteroatoms. The van der Waals surface area contributed by atoms with Gasteiger partial charge in [0.25, 0.3) is 0 Å². The van der Waals surface area contributed by atoms with E-state index in [9.17, 15) is 0 Å². The molecule has 3 rings (SSSR count). The maximum Gasteiger partial charge on any atom is 0.0449 e. The second kappa shape index (κ2) is 5.41. The minimum absolute atomic E-state index is 0.512. The molecule has 0 aromatic heterocycles. The van der Waals surface area contributed by atoms with Crippen LogP contribution in [0.3, 0.4) is 0 Å². The zero-order valence-electron chi connectivity index (χ0n) is 11.3. The summed E-state index contributed by atoms with van der Waals surface area (Å²) in [6.07, 6.45) is 5.29. The molecule has 0 bridgehead atoms. The van der Waals surface area contributed by atoms with Gasteiger partial charge < -0.3 is 10.6 Å². The van der Waals surface area contributed by atoms with Crippen LogP contribution >= 0.6 is 0 Å². The van der Waals surface area contributed by atoms with E-state index in [1.54, 1.807) is 0 Å². The normalized spacial score (nSPS) is 29.9. The molecule has 0 radical (unpaired) electrons. The van der Waals surface area contributed by atoms with Gasteiger partial charge in [0.15, 0.2) is 0 Å². The van der Waals surface area contributed by atoms with Crippen molar-refractivity contribution in [3.63, 3.8) is 0 Å². The zero-order valence-corrected chi connectivity index (χ0v) is 11.3. The third-order valence-corrected chi connectivity index (χ3v) is 4.38. The Bertz CT molecular complexity index is 402. The quantitative estimate of drug-likeness (QED) is 0.832. The van der Waals surface area contributed by atoms with E-state index in [1.165, 1.54) is 36.8 Å². The van der Waals surface area contributed by atoms with E-state index < -0.39 is 0 Å². The topological polar surface area (TPSA) is 24.1 Å². The van der Waals surface area contributed by atoms with Crippen LogP contribution < -0.4 is 10.6 Å². The average Bonchev–Trinajstić information content (AvgIpc) is 3.15. The summed E-state index contributed by atoms with van der Waals surface area (Å²) in [5, 5.41) is 7.38. The van der Waals surface area contributed by atoms with Crippen molar-refractivity contribution in [2.45, 2.75) is 44.7 Å². The summed E-state index contributed by atoms with van der Waals surface area (Å²) in [5.41, 5.74) is 3.04. The van der Waals surface area contributed by atoms with Crippen LogP contribution in [0.4, 0.5) is 0 Å². The highest BCUT2D eigenvalue weighted by molar-refractivity contribution is 5.32. The first-order valence-corrected chi connectivity index (χ1v) is 7.43. The molecule has 98 valence electrons. The lowest BCUT2D eigenvalue weighted by atomic mass is 9.94. The number of rotatable bonds is 5. The van der Waals surface area contributed by atoms with Gasteiger partial charge in [-0.2, -0.15) is 0 Å². The summed E-state index contributed by atoms with van der Waals surface area (Å²) in [5.74, 6) is 0.953. The van der Waals surface area contributed by atoms with E-state index in [-0.39, 0.29) is 0 Å². The molecule has 2 aliphatic rings. The van der Waals surface area contributed by atoms with Gasteiger partial charge in [-0.25, -0.2) is 0 Å². The van der Waals surface area contributed by atoms with E-state index in [0.29, 0.717) is 6.04 Å². The summed E-state index contributed by atoms with van der Waals surface area (Å²) in [6.45, 7) is 4.49. The molecule has 1 aromatic rings. The van der Waals surface area contributed by atoms with Crippen molar-refractivity contribution < 1.29 is 0 Å². The first kappa shape index (κ1) is 12.2. The van der Waals surface area contributed by atoms with E-state index >= 15 is 0 Å². The molecule has 2 N–H and O–H groups in total. The van der Waals surface area contributed by atoms with Crippen molar-refractivity contribution in [2.24, 2.45) is 5.92 Å². The fraction of sp³-hybridized carbons (Fsp3) is 0.625. The minimum atomic E-state index is 0.512. The Morgan fingerprint density at radius 2 is 2.22 bits per heavy atom. The number of nitrogens with one attached hydrogen (secondary N) is 2. The lowest BCUT2D eigenvalue weighted by Gasteiger charge is -2.27. The van der Waals surface area contributed by atoms with E-state index in [4.69, 9.17) is 0 Å². The Morgan fingerprint density at radius 3 is 3.11 bits per heavy atom. The Kier molecular flexibility index (Phi) is 3.67. The fourth-order valence-corrected chi connectivity index (χ4v) is 3.23. The summed E-state index contributed by atoms with van der Waals surface area (Å²) >= 11 is 0. The molecular weight excluding hydrogens is 220 g/mol. The molecule has 0 spiro atoms. The Labute approximate surface area is 110 Å². The number of hydrogen-bond donors (Lipinski definition) is 2. The molecule has 1 saturated carbocycles.